The van der Waals surface area contributed by atoms with E-state index in [4.69, 9.17) is 0 Å². The number of carbonyl (C=O) groups is 1. The summed E-state index contributed by atoms with van der Waals surface area (Å²) in [6.07, 6.45) is 0.805. The SMILES string of the molecule is CC(C)C[C@H]([NH3+])C(=O)Nc1ccc2ccccc2c1. The highest BCUT2D eigenvalue weighted by Crippen LogP contribution is 2.19. The summed E-state index contributed by atoms with van der Waals surface area (Å²) in [4.78, 5) is 12.0. The predicted octanol–water partition coefficient (Wildman–Crippen LogP) is 2.43. The second kappa shape index (κ2) is 5.85. The van der Waals surface area contributed by atoms with Crippen LogP contribution in [0, 0.1) is 5.92 Å². The highest BCUT2D eigenvalue weighted by molar-refractivity contribution is 5.96. The molecular formula is C16H21N2O+. The first-order chi connectivity index (χ1) is 9.06. The van der Waals surface area contributed by atoms with Crippen molar-refractivity contribution in [2.24, 2.45) is 5.92 Å². The number of rotatable bonds is 4. The van der Waals surface area contributed by atoms with Crippen molar-refractivity contribution in [2.45, 2.75) is 26.3 Å². The normalized spacial score (nSPS) is 12.6. The van der Waals surface area contributed by atoms with Crippen LogP contribution >= 0.6 is 0 Å². The summed E-state index contributed by atoms with van der Waals surface area (Å²) < 4.78 is 0. The first-order valence-corrected chi connectivity index (χ1v) is 6.69. The van der Waals surface area contributed by atoms with E-state index in [0.717, 1.165) is 17.5 Å². The number of carbonyl (C=O) groups excluding carboxylic acids is 1. The molecule has 0 unspecified atom stereocenters. The Labute approximate surface area is 113 Å². The molecule has 100 valence electrons. The molecule has 0 aliphatic carbocycles. The minimum atomic E-state index is -0.202. The molecule has 0 bridgehead atoms. The molecule has 19 heavy (non-hydrogen) atoms. The third kappa shape index (κ3) is 3.55. The lowest BCUT2D eigenvalue weighted by molar-refractivity contribution is -0.405. The van der Waals surface area contributed by atoms with E-state index in [1.54, 1.807) is 0 Å². The van der Waals surface area contributed by atoms with Gasteiger partial charge < -0.3 is 11.1 Å². The fourth-order valence-corrected chi connectivity index (χ4v) is 2.19. The molecule has 0 saturated heterocycles. The standard InChI is InChI=1S/C16H20N2O/c1-11(2)9-15(17)16(19)18-14-8-7-12-5-3-4-6-13(12)10-14/h3-8,10-11,15H,9,17H2,1-2H3,(H,18,19)/p+1/t15-/m0/s1. The lowest BCUT2D eigenvalue weighted by Gasteiger charge is -2.12. The van der Waals surface area contributed by atoms with Crippen LogP contribution < -0.4 is 11.1 Å². The highest BCUT2D eigenvalue weighted by atomic mass is 16.2. The van der Waals surface area contributed by atoms with E-state index in [2.05, 4.69) is 31.0 Å². The van der Waals surface area contributed by atoms with Crippen molar-refractivity contribution < 1.29 is 10.5 Å². The van der Waals surface area contributed by atoms with E-state index in [-0.39, 0.29) is 11.9 Å². The van der Waals surface area contributed by atoms with Crippen LogP contribution in [0.2, 0.25) is 0 Å². The van der Waals surface area contributed by atoms with Crippen LogP contribution in [-0.4, -0.2) is 11.9 Å². The molecule has 0 aliphatic rings. The molecule has 1 atom stereocenters. The van der Waals surface area contributed by atoms with Gasteiger partial charge in [-0.1, -0.05) is 44.2 Å². The third-order valence-corrected chi connectivity index (χ3v) is 3.14. The molecule has 0 aromatic heterocycles. The summed E-state index contributed by atoms with van der Waals surface area (Å²) >= 11 is 0. The maximum atomic E-state index is 12.0. The van der Waals surface area contributed by atoms with E-state index in [0.29, 0.717) is 5.92 Å². The molecule has 3 heteroatoms. The molecule has 0 aliphatic heterocycles. The van der Waals surface area contributed by atoms with Crippen LogP contribution in [-0.2, 0) is 4.79 Å². The van der Waals surface area contributed by atoms with Crippen molar-refractivity contribution in [3.63, 3.8) is 0 Å². The third-order valence-electron chi connectivity index (χ3n) is 3.14. The Hall–Kier alpha value is -1.87. The zero-order valence-corrected chi connectivity index (χ0v) is 11.5. The van der Waals surface area contributed by atoms with Crippen LogP contribution in [0.4, 0.5) is 5.69 Å². The topological polar surface area (TPSA) is 56.7 Å². The minimum Gasteiger partial charge on any atom is -0.347 e. The van der Waals surface area contributed by atoms with E-state index >= 15 is 0 Å². The van der Waals surface area contributed by atoms with Crippen LogP contribution in [0.5, 0.6) is 0 Å². The number of amides is 1. The molecule has 2 rings (SSSR count). The summed E-state index contributed by atoms with van der Waals surface area (Å²) in [5.41, 5.74) is 4.76. The lowest BCUT2D eigenvalue weighted by atomic mass is 10.0. The lowest BCUT2D eigenvalue weighted by Crippen LogP contribution is -2.66. The van der Waals surface area contributed by atoms with Gasteiger partial charge in [0, 0.05) is 12.1 Å². The molecule has 2 aromatic carbocycles. The van der Waals surface area contributed by atoms with Gasteiger partial charge >= 0.3 is 0 Å². The van der Waals surface area contributed by atoms with Crippen molar-refractivity contribution in [3.8, 4) is 0 Å². The Kier molecular flexibility index (Phi) is 4.17. The number of fused-ring (bicyclic) bond motifs is 1. The van der Waals surface area contributed by atoms with Gasteiger partial charge in [-0.05, 0) is 28.8 Å². The van der Waals surface area contributed by atoms with E-state index in [1.165, 1.54) is 5.39 Å². The van der Waals surface area contributed by atoms with Gasteiger partial charge in [-0.2, -0.15) is 0 Å². The van der Waals surface area contributed by atoms with Crippen molar-refractivity contribution >= 4 is 22.4 Å². The largest absolute Gasteiger partial charge is 0.347 e. The van der Waals surface area contributed by atoms with Gasteiger partial charge in [0.1, 0.15) is 0 Å². The number of anilines is 1. The molecule has 0 fully saturated rings. The Morgan fingerprint density at radius 1 is 1.16 bits per heavy atom. The number of quaternary nitrogens is 1. The zero-order chi connectivity index (χ0) is 13.8. The molecule has 3 nitrogen and oxygen atoms in total. The number of nitrogens with one attached hydrogen (secondary N) is 1. The summed E-state index contributed by atoms with van der Waals surface area (Å²) in [6.45, 7) is 4.20. The Balaban J connectivity index is 2.10. The summed E-state index contributed by atoms with van der Waals surface area (Å²) in [5, 5.41) is 5.24. The Morgan fingerprint density at radius 2 is 1.84 bits per heavy atom. The van der Waals surface area contributed by atoms with Crippen molar-refractivity contribution in [1.29, 1.82) is 0 Å². The van der Waals surface area contributed by atoms with Crippen LogP contribution in [0.3, 0.4) is 0 Å². The minimum absolute atomic E-state index is 0.0102. The number of benzene rings is 2. The van der Waals surface area contributed by atoms with Gasteiger partial charge in [-0.25, -0.2) is 0 Å². The van der Waals surface area contributed by atoms with Crippen LogP contribution in [0.1, 0.15) is 20.3 Å². The van der Waals surface area contributed by atoms with Crippen LogP contribution in [0.25, 0.3) is 10.8 Å². The van der Waals surface area contributed by atoms with Crippen molar-refractivity contribution in [1.82, 2.24) is 0 Å². The molecule has 4 N–H and O–H groups in total. The van der Waals surface area contributed by atoms with Crippen LogP contribution in [0.15, 0.2) is 42.5 Å². The van der Waals surface area contributed by atoms with Gasteiger partial charge in [-0.15, -0.1) is 0 Å². The maximum Gasteiger partial charge on any atom is 0.282 e. The maximum absolute atomic E-state index is 12.0. The second-order valence-electron chi connectivity index (χ2n) is 5.38. The average Bonchev–Trinajstić information content (AvgIpc) is 2.37. The van der Waals surface area contributed by atoms with Gasteiger partial charge in [-0.3, -0.25) is 4.79 Å². The van der Waals surface area contributed by atoms with Crippen molar-refractivity contribution in [2.75, 3.05) is 5.32 Å². The summed E-state index contributed by atoms with van der Waals surface area (Å²) in [7, 11) is 0. The molecule has 0 saturated carbocycles. The Morgan fingerprint density at radius 3 is 2.53 bits per heavy atom. The summed E-state index contributed by atoms with van der Waals surface area (Å²) in [5.74, 6) is 0.467. The summed E-state index contributed by atoms with van der Waals surface area (Å²) in [6, 6.07) is 13.9. The molecule has 0 radical (unpaired) electrons. The Bertz CT molecular complexity index is 578. The molecule has 0 spiro atoms. The monoisotopic (exact) mass is 257 g/mol. The fraction of sp³-hybridized carbons (Fsp3) is 0.312. The first kappa shape index (κ1) is 13.6. The quantitative estimate of drug-likeness (QED) is 0.868. The smallest absolute Gasteiger partial charge is 0.282 e. The molecular weight excluding hydrogens is 236 g/mol. The van der Waals surface area contributed by atoms with E-state index in [9.17, 15) is 4.79 Å². The molecule has 0 heterocycles. The van der Waals surface area contributed by atoms with E-state index < -0.39 is 0 Å². The average molecular weight is 257 g/mol. The van der Waals surface area contributed by atoms with Gasteiger partial charge in [0.25, 0.3) is 5.91 Å². The van der Waals surface area contributed by atoms with Gasteiger partial charge in [0.15, 0.2) is 6.04 Å². The zero-order valence-electron chi connectivity index (χ0n) is 11.5. The second-order valence-corrected chi connectivity index (χ2v) is 5.38. The molecule has 1 amide bonds. The van der Waals surface area contributed by atoms with E-state index in [1.807, 2.05) is 36.4 Å². The predicted molar refractivity (Wildman–Crippen MR) is 78.7 cm³/mol. The highest BCUT2D eigenvalue weighted by Gasteiger charge is 2.18. The van der Waals surface area contributed by atoms with Crippen molar-refractivity contribution in [3.05, 3.63) is 42.5 Å². The number of hydrogen-bond acceptors (Lipinski definition) is 1. The fourth-order valence-electron chi connectivity index (χ4n) is 2.19. The number of hydrogen-bond donors (Lipinski definition) is 2. The first-order valence-electron chi connectivity index (χ1n) is 6.69. The van der Waals surface area contributed by atoms with Gasteiger partial charge in [0.05, 0.1) is 0 Å². The molecule has 2 aromatic rings. The van der Waals surface area contributed by atoms with Gasteiger partial charge in [0.2, 0.25) is 0 Å².